The van der Waals surface area contributed by atoms with Gasteiger partial charge in [-0.1, -0.05) is 53.0 Å². The molecule has 3 aromatic rings. The molecule has 0 atom stereocenters. The Morgan fingerprint density at radius 1 is 1.00 bits per heavy atom. The van der Waals surface area contributed by atoms with Crippen LogP contribution in [0.3, 0.4) is 0 Å². The second kappa shape index (κ2) is 7.59. The maximum absolute atomic E-state index is 13.9. The number of nitriles is 1. The quantitative estimate of drug-likeness (QED) is 0.311. The number of rotatable bonds is 3. The van der Waals surface area contributed by atoms with Crippen molar-refractivity contribution < 1.29 is 18.1 Å². The first-order chi connectivity index (χ1) is 13.6. The maximum Gasteiger partial charge on any atom is 0.433 e. The van der Waals surface area contributed by atoms with Crippen molar-refractivity contribution in [3.8, 4) is 28.6 Å². The molecule has 0 spiro atoms. The highest BCUT2D eigenvalue weighted by atomic mass is 35.5. The molecule has 0 aliphatic carbocycles. The van der Waals surface area contributed by atoms with E-state index in [2.05, 4.69) is 0 Å². The van der Waals surface area contributed by atoms with E-state index in [9.17, 15) is 28.5 Å². The monoisotopic (exact) mass is 459 g/mol. The smallest absolute Gasteiger partial charge is 0.258 e. The van der Waals surface area contributed by atoms with Crippen LogP contribution < -0.4 is 0 Å². The minimum atomic E-state index is -5.08. The fraction of sp³-hybridized carbons (Fsp3) is 0.0556. The van der Waals surface area contributed by atoms with Gasteiger partial charge in [0.15, 0.2) is 11.9 Å². The second-order valence-corrected chi connectivity index (χ2v) is 7.00. The lowest BCUT2D eigenvalue weighted by atomic mass is 10.0. The molecule has 0 aliphatic heterocycles. The van der Waals surface area contributed by atoms with E-state index < -0.39 is 33.7 Å². The van der Waals surface area contributed by atoms with Gasteiger partial charge in [0, 0.05) is 10.6 Å². The predicted molar refractivity (Wildman–Crippen MR) is 103 cm³/mol. The molecule has 0 N–H and O–H groups in total. The second-order valence-electron chi connectivity index (χ2n) is 5.75. The molecular formula is C18H7Cl3F3N3O2. The van der Waals surface area contributed by atoms with Gasteiger partial charge in [-0.2, -0.15) is 18.4 Å². The number of hydrogen-bond acceptors (Lipinski definition) is 3. The average Bonchev–Trinajstić information content (AvgIpc) is 3.00. The molecule has 2 aromatic carbocycles. The van der Waals surface area contributed by atoms with Gasteiger partial charge < -0.3 is 0 Å². The Morgan fingerprint density at radius 3 is 2.07 bits per heavy atom. The van der Waals surface area contributed by atoms with Gasteiger partial charge in [-0.3, -0.25) is 10.1 Å². The summed E-state index contributed by atoms with van der Waals surface area (Å²) in [5.41, 5.74) is -3.88. The van der Waals surface area contributed by atoms with Gasteiger partial charge in [-0.05, 0) is 29.8 Å². The van der Waals surface area contributed by atoms with Crippen molar-refractivity contribution in [2.45, 2.75) is 6.18 Å². The Labute approximate surface area is 176 Å². The highest BCUT2D eigenvalue weighted by Gasteiger charge is 2.45. The van der Waals surface area contributed by atoms with Crippen LogP contribution in [0.2, 0.25) is 15.1 Å². The summed E-state index contributed by atoms with van der Waals surface area (Å²) in [5, 5.41) is 21.5. The van der Waals surface area contributed by atoms with Gasteiger partial charge >= 0.3 is 11.9 Å². The summed E-state index contributed by atoms with van der Waals surface area (Å²) in [6.45, 7) is 0. The van der Waals surface area contributed by atoms with Crippen molar-refractivity contribution in [2.24, 2.45) is 0 Å². The molecule has 0 amide bonds. The normalized spacial score (nSPS) is 11.3. The van der Waals surface area contributed by atoms with E-state index in [-0.39, 0.29) is 30.8 Å². The lowest BCUT2D eigenvalue weighted by Crippen LogP contribution is -2.13. The van der Waals surface area contributed by atoms with Crippen LogP contribution in [0, 0.1) is 21.6 Å². The van der Waals surface area contributed by atoms with Gasteiger partial charge in [-0.15, -0.1) is 0 Å². The van der Waals surface area contributed by atoms with Crippen molar-refractivity contribution in [2.75, 3.05) is 0 Å². The van der Waals surface area contributed by atoms with Crippen LogP contribution in [0.4, 0.5) is 18.9 Å². The number of halogens is 6. The van der Waals surface area contributed by atoms with Gasteiger partial charge in [0.05, 0.1) is 20.5 Å². The standard InChI is InChI=1S/C18H7Cl3F3N3O2/c19-11-4-1-9(2-5-11)15-16(27(28)29)14(10-3-6-12(20)13(21)7-10)17(18(22,23)24)26(15)8-25/h1-7H. The van der Waals surface area contributed by atoms with E-state index in [1.807, 2.05) is 0 Å². The molecule has 0 fully saturated rings. The molecule has 11 heteroatoms. The number of nitro groups is 1. The first-order valence-electron chi connectivity index (χ1n) is 7.68. The number of aromatic nitrogens is 1. The number of nitrogens with zero attached hydrogens (tertiary/aromatic N) is 3. The van der Waals surface area contributed by atoms with Crippen LogP contribution in [0.15, 0.2) is 42.5 Å². The highest BCUT2D eigenvalue weighted by Crippen LogP contribution is 2.49. The zero-order valence-electron chi connectivity index (χ0n) is 14.0. The Kier molecular flexibility index (Phi) is 5.50. The van der Waals surface area contributed by atoms with Crippen molar-refractivity contribution in [1.82, 2.24) is 4.57 Å². The topological polar surface area (TPSA) is 71.9 Å². The number of hydrogen-bond donors (Lipinski definition) is 0. The Bertz CT molecular complexity index is 1170. The molecule has 29 heavy (non-hydrogen) atoms. The van der Waals surface area contributed by atoms with E-state index in [0.717, 1.165) is 6.07 Å². The molecule has 3 rings (SSSR count). The van der Waals surface area contributed by atoms with Gasteiger partial charge in [-0.25, -0.2) is 4.57 Å². The zero-order chi connectivity index (χ0) is 21.5. The highest BCUT2D eigenvalue weighted by molar-refractivity contribution is 6.42. The molecule has 0 aliphatic rings. The first kappa shape index (κ1) is 21.0. The van der Waals surface area contributed by atoms with Crippen LogP contribution in [0.1, 0.15) is 5.69 Å². The fourth-order valence-electron chi connectivity index (χ4n) is 2.90. The van der Waals surface area contributed by atoms with Crippen molar-refractivity contribution in [3.63, 3.8) is 0 Å². The summed E-state index contributed by atoms with van der Waals surface area (Å²) in [4.78, 5) is 10.9. The molecule has 148 valence electrons. The molecular weight excluding hydrogens is 454 g/mol. The van der Waals surface area contributed by atoms with Gasteiger partial charge in [0.2, 0.25) is 0 Å². The van der Waals surface area contributed by atoms with Crippen molar-refractivity contribution in [3.05, 3.63) is 73.3 Å². The van der Waals surface area contributed by atoms with Crippen molar-refractivity contribution >= 4 is 40.5 Å². The van der Waals surface area contributed by atoms with Crippen LogP contribution in [0.5, 0.6) is 0 Å². The molecule has 1 heterocycles. The maximum atomic E-state index is 13.9. The third kappa shape index (κ3) is 3.77. The first-order valence-corrected chi connectivity index (χ1v) is 8.81. The summed E-state index contributed by atoms with van der Waals surface area (Å²) < 4.78 is 42.0. The molecule has 1 aromatic heterocycles. The summed E-state index contributed by atoms with van der Waals surface area (Å²) >= 11 is 17.5. The minimum absolute atomic E-state index is 0.0134. The minimum Gasteiger partial charge on any atom is -0.258 e. The molecule has 0 saturated heterocycles. The largest absolute Gasteiger partial charge is 0.433 e. The Hall–Kier alpha value is -2.73. The van der Waals surface area contributed by atoms with Gasteiger partial charge in [0.25, 0.3) is 0 Å². The molecule has 0 radical (unpaired) electrons. The van der Waals surface area contributed by atoms with E-state index in [4.69, 9.17) is 34.8 Å². The summed E-state index contributed by atoms with van der Waals surface area (Å²) in [6, 6.07) is 8.74. The molecule has 0 saturated carbocycles. The SMILES string of the molecule is N#Cn1c(-c2ccc(Cl)cc2)c([N+](=O)[O-])c(-c2ccc(Cl)c(Cl)c2)c1C(F)(F)F. The third-order valence-corrected chi connectivity index (χ3v) is 5.01. The van der Waals surface area contributed by atoms with Gasteiger partial charge in [0.1, 0.15) is 5.69 Å². The van der Waals surface area contributed by atoms with Crippen molar-refractivity contribution in [1.29, 1.82) is 5.26 Å². The Morgan fingerprint density at radius 2 is 1.59 bits per heavy atom. The average molecular weight is 461 g/mol. The van der Waals surface area contributed by atoms with Crippen LogP contribution in [-0.2, 0) is 6.18 Å². The summed E-state index contributed by atoms with van der Waals surface area (Å²) in [7, 11) is 0. The predicted octanol–water partition coefficient (Wildman–Crippen LogP) is 7.04. The van der Waals surface area contributed by atoms with Crippen LogP contribution >= 0.6 is 34.8 Å². The lowest BCUT2D eigenvalue weighted by molar-refractivity contribution is -0.383. The third-order valence-electron chi connectivity index (χ3n) is 4.02. The van der Waals surface area contributed by atoms with Crippen LogP contribution in [0.25, 0.3) is 22.4 Å². The Balaban J connectivity index is 2.52. The molecule has 5 nitrogen and oxygen atoms in total. The van der Waals surface area contributed by atoms with E-state index in [1.165, 1.54) is 42.6 Å². The van der Waals surface area contributed by atoms with E-state index >= 15 is 0 Å². The number of benzene rings is 2. The van der Waals surface area contributed by atoms with E-state index in [0.29, 0.717) is 0 Å². The van der Waals surface area contributed by atoms with Crippen LogP contribution in [-0.4, -0.2) is 9.49 Å². The lowest BCUT2D eigenvalue weighted by Gasteiger charge is -2.10. The number of alkyl halides is 3. The summed E-state index contributed by atoms with van der Waals surface area (Å²) in [6.07, 6.45) is -3.68. The summed E-state index contributed by atoms with van der Waals surface area (Å²) in [5.74, 6) is 0. The molecule has 0 unspecified atom stereocenters. The van der Waals surface area contributed by atoms with E-state index in [1.54, 1.807) is 0 Å². The molecule has 0 bridgehead atoms. The zero-order valence-corrected chi connectivity index (χ0v) is 16.2. The fourth-order valence-corrected chi connectivity index (χ4v) is 3.33.